The summed E-state index contributed by atoms with van der Waals surface area (Å²) in [6.45, 7) is 2.24. The molecule has 1 saturated carbocycles. The minimum Gasteiger partial charge on any atom is -0.493 e. The van der Waals surface area contributed by atoms with Crippen LogP contribution in [0.4, 0.5) is 0 Å². The van der Waals surface area contributed by atoms with E-state index in [-0.39, 0.29) is 6.79 Å². The molecule has 19 heavy (non-hydrogen) atoms. The van der Waals surface area contributed by atoms with Gasteiger partial charge in [0, 0.05) is 6.54 Å². The molecule has 0 radical (unpaired) electrons. The minimum atomic E-state index is 0.282. The SMILES string of the molecule is COc1cc(CNCC2CCCC2)cc2c1OCO2. The molecule has 1 heterocycles. The highest BCUT2D eigenvalue weighted by Gasteiger charge is 2.20. The van der Waals surface area contributed by atoms with Crippen LogP contribution in [-0.2, 0) is 6.54 Å². The summed E-state index contributed by atoms with van der Waals surface area (Å²) in [5.41, 5.74) is 1.18. The fourth-order valence-electron chi connectivity index (χ4n) is 2.92. The van der Waals surface area contributed by atoms with Crippen molar-refractivity contribution in [2.45, 2.75) is 32.2 Å². The van der Waals surface area contributed by atoms with Crippen molar-refractivity contribution < 1.29 is 14.2 Å². The van der Waals surface area contributed by atoms with Gasteiger partial charge in [-0.25, -0.2) is 0 Å². The van der Waals surface area contributed by atoms with Gasteiger partial charge in [-0.05, 0) is 43.0 Å². The quantitative estimate of drug-likeness (QED) is 0.886. The summed E-state index contributed by atoms with van der Waals surface area (Å²) in [5, 5.41) is 3.53. The molecule has 1 aliphatic heterocycles. The summed E-state index contributed by atoms with van der Waals surface area (Å²) in [6, 6.07) is 4.06. The van der Waals surface area contributed by atoms with Gasteiger partial charge in [0.15, 0.2) is 11.5 Å². The van der Waals surface area contributed by atoms with Crippen LogP contribution in [0.1, 0.15) is 31.2 Å². The Bertz CT molecular complexity index is 441. The van der Waals surface area contributed by atoms with Gasteiger partial charge in [0.2, 0.25) is 12.5 Å². The first kappa shape index (κ1) is 12.6. The van der Waals surface area contributed by atoms with E-state index in [2.05, 4.69) is 5.32 Å². The molecule has 1 fully saturated rings. The Morgan fingerprint density at radius 2 is 2.11 bits per heavy atom. The molecule has 104 valence electrons. The Hall–Kier alpha value is -1.42. The molecular weight excluding hydrogens is 242 g/mol. The average Bonchev–Trinajstić information content (AvgIpc) is 3.08. The Kier molecular flexibility index (Phi) is 3.78. The van der Waals surface area contributed by atoms with Gasteiger partial charge in [-0.1, -0.05) is 12.8 Å². The Morgan fingerprint density at radius 3 is 2.89 bits per heavy atom. The molecule has 4 nitrogen and oxygen atoms in total. The largest absolute Gasteiger partial charge is 0.493 e. The molecule has 0 amide bonds. The first-order valence-electron chi connectivity index (χ1n) is 7.04. The second-order valence-electron chi connectivity index (χ2n) is 5.31. The van der Waals surface area contributed by atoms with E-state index in [9.17, 15) is 0 Å². The molecule has 0 spiro atoms. The Balaban J connectivity index is 1.61. The first-order chi connectivity index (χ1) is 9.36. The van der Waals surface area contributed by atoms with E-state index in [1.54, 1.807) is 7.11 Å². The molecule has 0 aromatic heterocycles. The third-order valence-corrected chi connectivity index (χ3v) is 3.96. The topological polar surface area (TPSA) is 39.7 Å². The van der Waals surface area contributed by atoms with E-state index < -0.39 is 0 Å². The van der Waals surface area contributed by atoms with Gasteiger partial charge in [0.05, 0.1) is 7.11 Å². The number of rotatable bonds is 5. The van der Waals surface area contributed by atoms with Crippen molar-refractivity contribution >= 4 is 0 Å². The van der Waals surface area contributed by atoms with Gasteiger partial charge >= 0.3 is 0 Å². The second kappa shape index (κ2) is 5.70. The number of nitrogens with one attached hydrogen (secondary N) is 1. The van der Waals surface area contributed by atoms with Crippen LogP contribution < -0.4 is 19.5 Å². The molecule has 2 aliphatic rings. The average molecular weight is 263 g/mol. The molecule has 0 saturated heterocycles. The third kappa shape index (κ3) is 2.78. The second-order valence-corrected chi connectivity index (χ2v) is 5.31. The van der Waals surface area contributed by atoms with Gasteiger partial charge in [-0.2, -0.15) is 0 Å². The third-order valence-electron chi connectivity index (χ3n) is 3.96. The van der Waals surface area contributed by atoms with E-state index in [0.29, 0.717) is 0 Å². The highest BCUT2D eigenvalue weighted by atomic mass is 16.7. The van der Waals surface area contributed by atoms with Gasteiger partial charge < -0.3 is 19.5 Å². The summed E-state index contributed by atoms with van der Waals surface area (Å²) in [6.07, 6.45) is 5.53. The lowest BCUT2D eigenvalue weighted by atomic mass is 10.1. The highest BCUT2D eigenvalue weighted by Crippen LogP contribution is 2.41. The van der Waals surface area contributed by atoms with Crippen LogP contribution in [0.5, 0.6) is 17.2 Å². The number of methoxy groups -OCH3 is 1. The standard InChI is InChI=1S/C15H21NO3/c1-17-13-6-12(7-14-15(13)19-10-18-14)9-16-8-11-4-2-3-5-11/h6-7,11,16H,2-5,8-10H2,1H3. The van der Waals surface area contributed by atoms with E-state index in [1.165, 1.54) is 31.2 Å². The van der Waals surface area contributed by atoms with Crippen molar-refractivity contribution in [3.8, 4) is 17.2 Å². The lowest BCUT2D eigenvalue weighted by Crippen LogP contribution is -2.20. The lowest BCUT2D eigenvalue weighted by Gasteiger charge is -2.12. The van der Waals surface area contributed by atoms with E-state index >= 15 is 0 Å². The zero-order valence-corrected chi connectivity index (χ0v) is 11.4. The van der Waals surface area contributed by atoms with Gasteiger partial charge in [0.1, 0.15) is 0 Å². The fraction of sp³-hybridized carbons (Fsp3) is 0.600. The molecule has 4 heteroatoms. The molecule has 0 bridgehead atoms. The van der Waals surface area contributed by atoms with Crippen LogP contribution in [0.2, 0.25) is 0 Å². The lowest BCUT2D eigenvalue weighted by molar-refractivity contribution is 0.171. The number of hydrogen-bond acceptors (Lipinski definition) is 4. The summed E-state index contributed by atoms with van der Waals surface area (Å²) < 4.78 is 16.2. The maximum Gasteiger partial charge on any atom is 0.231 e. The molecule has 1 aromatic carbocycles. The predicted molar refractivity (Wildman–Crippen MR) is 72.8 cm³/mol. The van der Waals surface area contributed by atoms with Gasteiger partial charge in [-0.3, -0.25) is 0 Å². The molecule has 1 aliphatic carbocycles. The summed E-state index contributed by atoms with van der Waals surface area (Å²) in [4.78, 5) is 0. The summed E-state index contributed by atoms with van der Waals surface area (Å²) in [5.74, 6) is 3.13. The molecule has 1 aromatic rings. The van der Waals surface area contributed by atoms with Crippen LogP contribution >= 0.6 is 0 Å². The zero-order valence-electron chi connectivity index (χ0n) is 11.4. The van der Waals surface area contributed by atoms with E-state index in [4.69, 9.17) is 14.2 Å². The minimum absolute atomic E-state index is 0.282. The summed E-state index contributed by atoms with van der Waals surface area (Å²) in [7, 11) is 1.66. The van der Waals surface area contributed by atoms with Crippen molar-refractivity contribution in [3.05, 3.63) is 17.7 Å². The van der Waals surface area contributed by atoms with Crippen LogP contribution in [0.25, 0.3) is 0 Å². The predicted octanol–water partition coefficient (Wildman–Crippen LogP) is 2.70. The first-order valence-corrected chi connectivity index (χ1v) is 7.04. The molecule has 0 unspecified atom stereocenters. The molecular formula is C15H21NO3. The summed E-state index contributed by atoms with van der Waals surface area (Å²) >= 11 is 0. The maximum atomic E-state index is 5.43. The number of ether oxygens (including phenoxy) is 3. The van der Waals surface area contributed by atoms with Gasteiger partial charge in [-0.15, -0.1) is 0 Å². The Labute approximate surface area is 114 Å². The fourth-order valence-corrected chi connectivity index (χ4v) is 2.92. The Morgan fingerprint density at radius 1 is 1.26 bits per heavy atom. The van der Waals surface area contributed by atoms with Crippen molar-refractivity contribution in [3.63, 3.8) is 0 Å². The van der Waals surface area contributed by atoms with E-state index in [0.717, 1.165) is 36.3 Å². The van der Waals surface area contributed by atoms with E-state index in [1.807, 2.05) is 12.1 Å². The monoisotopic (exact) mass is 263 g/mol. The van der Waals surface area contributed by atoms with Gasteiger partial charge in [0.25, 0.3) is 0 Å². The number of hydrogen-bond donors (Lipinski definition) is 1. The maximum absolute atomic E-state index is 5.43. The normalized spacial score (nSPS) is 17.9. The van der Waals surface area contributed by atoms with Crippen molar-refractivity contribution in [1.82, 2.24) is 5.32 Å². The molecule has 3 rings (SSSR count). The van der Waals surface area contributed by atoms with Crippen molar-refractivity contribution in [2.75, 3.05) is 20.4 Å². The van der Waals surface area contributed by atoms with Crippen LogP contribution in [0.15, 0.2) is 12.1 Å². The molecule has 0 atom stereocenters. The zero-order chi connectivity index (χ0) is 13.1. The number of benzene rings is 1. The van der Waals surface area contributed by atoms with Crippen molar-refractivity contribution in [2.24, 2.45) is 5.92 Å². The number of fused-ring (bicyclic) bond motifs is 1. The molecule has 1 N–H and O–H groups in total. The smallest absolute Gasteiger partial charge is 0.231 e. The van der Waals surface area contributed by atoms with Crippen molar-refractivity contribution in [1.29, 1.82) is 0 Å². The van der Waals surface area contributed by atoms with Crippen LogP contribution in [0.3, 0.4) is 0 Å². The van der Waals surface area contributed by atoms with Crippen LogP contribution in [0, 0.1) is 5.92 Å². The van der Waals surface area contributed by atoms with Crippen LogP contribution in [-0.4, -0.2) is 20.4 Å². The highest BCUT2D eigenvalue weighted by molar-refractivity contribution is 5.55.